The number of rotatable bonds is 5. The lowest BCUT2D eigenvalue weighted by Gasteiger charge is -2.13. The molecule has 4 heteroatoms. The second-order valence-electron chi connectivity index (χ2n) is 4.53. The van der Waals surface area contributed by atoms with E-state index in [-0.39, 0.29) is 5.41 Å². The van der Waals surface area contributed by atoms with Gasteiger partial charge in [-0.2, -0.15) is 5.26 Å². The van der Waals surface area contributed by atoms with Gasteiger partial charge in [-0.25, -0.2) is 0 Å². The summed E-state index contributed by atoms with van der Waals surface area (Å²) in [7, 11) is 1.65. The van der Waals surface area contributed by atoms with Crippen molar-refractivity contribution in [1.82, 2.24) is 0 Å². The van der Waals surface area contributed by atoms with Crippen molar-refractivity contribution >= 4 is 17.4 Å². The number of anilines is 1. The van der Waals surface area contributed by atoms with E-state index in [0.717, 1.165) is 16.4 Å². The summed E-state index contributed by atoms with van der Waals surface area (Å²) in [6, 6.07) is 7.99. The number of benzene rings is 1. The lowest BCUT2D eigenvalue weighted by molar-refractivity contribution is 0.405. The lowest BCUT2D eigenvalue weighted by Crippen LogP contribution is -2.02. The number of methoxy groups -OCH3 is 1. The second-order valence-corrected chi connectivity index (χ2v) is 5.55. The molecular formula is C13H16N2OS. The lowest BCUT2D eigenvalue weighted by atomic mass is 10.1. The van der Waals surface area contributed by atoms with Gasteiger partial charge in [0, 0.05) is 28.8 Å². The maximum Gasteiger partial charge on any atom is 0.134 e. The van der Waals surface area contributed by atoms with Gasteiger partial charge in [0.05, 0.1) is 13.2 Å². The Morgan fingerprint density at radius 3 is 2.88 bits per heavy atom. The average Bonchev–Trinajstić information content (AvgIpc) is 3.08. The van der Waals surface area contributed by atoms with Crippen molar-refractivity contribution in [2.45, 2.75) is 24.2 Å². The van der Waals surface area contributed by atoms with Crippen molar-refractivity contribution in [3.63, 3.8) is 0 Å². The number of nitrogens with two attached hydrogens (primary N) is 1. The minimum absolute atomic E-state index is 0.256. The van der Waals surface area contributed by atoms with Crippen molar-refractivity contribution in [2.75, 3.05) is 18.6 Å². The molecule has 3 nitrogen and oxygen atoms in total. The smallest absolute Gasteiger partial charge is 0.134 e. The third kappa shape index (κ3) is 2.86. The summed E-state index contributed by atoms with van der Waals surface area (Å²) in [4.78, 5) is 1.10. The molecule has 0 atom stereocenters. The van der Waals surface area contributed by atoms with E-state index in [4.69, 9.17) is 15.7 Å². The maximum atomic E-state index is 8.78. The van der Waals surface area contributed by atoms with Gasteiger partial charge < -0.3 is 10.5 Å². The topological polar surface area (TPSA) is 59.0 Å². The summed E-state index contributed by atoms with van der Waals surface area (Å²) >= 11 is 1.76. The van der Waals surface area contributed by atoms with E-state index in [0.29, 0.717) is 12.1 Å². The summed E-state index contributed by atoms with van der Waals surface area (Å²) < 4.78 is 5.31. The van der Waals surface area contributed by atoms with Gasteiger partial charge in [-0.3, -0.25) is 0 Å². The van der Waals surface area contributed by atoms with Crippen LogP contribution in [0, 0.1) is 16.7 Å². The first kappa shape index (κ1) is 12.1. The normalized spacial score (nSPS) is 16.2. The van der Waals surface area contributed by atoms with Crippen LogP contribution in [0.3, 0.4) is 0 Å². The zero-order valence-corrected chi connectivity index (χ0v) is 10.7. The summed E-state index contributed by atoms with van der Waals surface area (Å²) in [5.41, 5.74) is 6.68. The minimum Gasteiger partial charge on any atom is -0.496 e. The van der Waals surface area contributed by atoms with Crippen LogP contribution in [0.5, 0.6) is 5.75 Å². The third-order valence-electron chi connectivity index (χ3n) is 3.13. The number of ether oxygens (including phenoxy) is 1. The van der Waals surface area contributed by atoms with Gasteiger partial charge in [-0.1, -0.05) is 0 Å². The zero-order valence-electron chi connectivity index (χ0n) is 9.90. The highest BCUT2D eigenvalue weighted by atomic mass is 32.2. The van der Waals surface area contributed by atoms with E-state index in [2.05, 4.69) is 6.07 Å². The standard InChI is InChI=1S/C13H16N2OS/c1-16-11-8-10(15)2-3-12(11)17-9-13(4-5-13)6-7-14/h2-3,8H,4-6,9,15H2,1H3. The molecule has 0 amide bonds. The van der Waals surface area contributed by atoms with Crippen molar-refractivity contribution in [2.24, 2.45) is 5.41 Å². The molecule has 1 aromatic carbocycles. The number of nitrogen functional groups attached to an aromatic ring is 1. The van der Waals surface area contributed by atoms with Crippen LogP contribution < -0.4 is 10.5 Å². The van der Waals surface area contributed by atoms with Crippen LogP contribution in [-0.4, -0.2) is 12.9 Å². The van der Waals surface area contributed by atoms with Gasteiger partial charge in [0.15, 0.2) is 0 Å². The van der Waals surface area contributed by atoms with Crippen molar-refractivity contribution in [1.29, 1.82) is 5.26 Å². The average molecular weight is 248 g/mol. The molecule has 2 N–H and O–H groups in total. The number of hydrogen-bond donors (Lipinski definition) is 1. The number of nitriles is 1. The van der Waals surface area contributed by atoms with Gasteiger partial charge in [0.1, 0.15) is 5.75 Å². The molecule has 0 aliphatic heterocycles. The molecule has 1 fully saturated rings. The van der Waals surface area contributed by atoms with Crippen molar-refractivity contribution in [3.05, 3.63) is 18.2 Å². The summed E-state index contributed by atoms with van der Waals surface area (Å²) in [5, 5.41) is 8.78. The van der Waals surface area contributed by atoms with Crippen molar-refractivity contribution < 1.29 is 4.74 Å². The molecule has 0 radical (unpaired) electrons. The Bertz CT molecular complexity index is 449. The molecule has 0 unspecified atom stereocenters. The minimum atomic E-state index is 0.256. The quantitative estimate of drug-likeness (QED) is 0.642. The van der Waals surface area contributed by atoms with E-state index in [1.54, 1.807) is 18.9 Å². The van der Waals surface area contributed by atoms with Crippen LogP contribution in [0.4, 0.5) is 5.69 Å². The molecule has 1 aliphatic carbocycles. The molecular weight excluding hydrogens is 232 g/mol. The Morgan fingerprint density at radius 2 is 2.29 bits per heavy atom. The maximum absolute atomic E-state index is 8.78. The van der Waals surface area contributed by atoms with E-state index in [1.807, 2.05) is 18.2 Å². The van der Waals surface area contributed by atoms with E-state index in [9.17, 15) is 0 Å². The van der Waals surface area contributed by atoms with E-state index in [1.165, 1.54) is 12.8 Å². The highest BCUT2D eigenvalue weighted by Gasteiger charge is 2.42. The highest BCUT2D eigenvalue weighted by Crippen LogP contribution is 2.52. The first-order valence-electron chi connectivity index (χ1n) is 5.62. The second kappa shape index (κ2) is 4.89. The van der Waals surface area contributed by atoms with Crippen LogP contribution >= 0.6 is 11.8 Å². The highest BCUT2D eigenvalue weighted by molar-refractivity contribution is 7.99. The van der Waals surface area contributed by atoms with Gasteiger partial charge in [0.2, 0.25) is 0 Å². The fourth-order valence-electron chi connectivity index (χ4n) is 1.75. The van der Waals surface area contributed by atoms with E-state index < -0.39 is 0 Å². The Balaban J connectivity index is 2.02. The predicted molar refractivity (Wildman–Crippen MR) is 70.0 cm³/mol. The zero-order chi connectivity index (χ0) is 12.3. The molecule has 17 heavy (non-hydrogen) atoms. The Kier molecular flexibility index (Phi) is 3.49. The van der Waals surface area contributed by atoms with Crippen LogP contribution in [-0.2, 0) is 0 Å². The van der Waals surface area contributed by atoms with Gasteiger partial charge in [0.25, 0.3) is 0 Å². The fraction of sp³-hybridized carbons (Fsp3) is 0.462. The van der Waals surface area contributed by atoms with Crippen molar-refractivity contribution in [3.8, 4) is 11.8 Å². The molecule has 0 spiro atoms. The van der Waals surface area contributed by atoms with Gasteiger partial charge in [-0.15, -0.1) is 11.8 Å². The first-order chi connectivity index (χ1) is 8.19. The fourth-order valence-corrected chi connectivity index (χ4v) is 3.05. The molecule has 0 bridgehead atoms. The summed E-state index contributed by atoms with van der Waals surface area (Å²) in [6.45, 7) is 0. The largest absolute Gasteiger partial charge is 0.496 e. The van der Waals surface area contributed by atoms with Crippen LogP contribution in [0.15, 0.2) is 23.1 Å². The predicted octanol–water partition coefficient (Wildman–Crippen LogP) is 3.06. The summed E-state index contributed by atoms with van der Waals surface area (Å²) in [6.07, 6.45) is 3.01. The molecule has 1 aliphatic rings. The monoisotopic (exact) mass is 248 g/mol. The van der Waals surface area contributed by atoms with Gasteiger partial charge in [-0.05, 0) is 30.4 Å². The van der Waals surface area contributed by atoms with Crippen LogP contribution in [0.1, 0.15) is 19.3 Å². The summed E-state index contributed by atoms with van der Waals surface area (Å²) in [5.74, 6) is 1.81. The Hall–Kier alpha value is -1.34. The number of thioether (sulfide) groups is 1. The first-order valence-corrected chi connectivity index (χ1v) is 6.61. The molecule has 90 valence electrons. The molecule has 2 rings (SSSR count). The van der Waals surface area contributed by atoms with Crippen LogP contribution in [0.25, 0.3) is 0 Å². The molecule has 1 aromatic rings. The molecule has 0 saturated heterocycles. The Labute approximate surface area is 106 Å². The number of nitrogens with zero attached hydrogens (tertiary/aromatic N) is 1. The van der Waals surface area contributed by atoms with Crippen LogP contribution in [0.2, 0.25) is 0 Å². The molecule has 1 saturated carbocycles. The molecule has 0 aromatic heterocycles. The van der Waals surface area contributed by atoms with E-state index >= 15 is 0 Å². The third-order valence-corrected chi connectivity index (χ3v) is 4.54. The van der Waals surface area contributed by atoms with Gasteiger partial charge >= 0.3 is 0 Å². The Morgan fingerprint density at radius 1 is 1.53 bits per heavy atom. The number of hydrogen-bond acceptors (Lipinski definition) is 4. The molecule has 0 heterocycles. The SMILES string of the molecule is COc1cc(N)ccc1SCC1(CC#N)CC1.